The SMILES string of the molecule is Cc1cc(C(=O)NC(C)c2cccc(N3CCCC3=O)c2)cc(C)c1OC(F)F. The second kappa shape index (κ2) is 8.59. The van der Waals surface area contributed by atoms with Gasteiger partial charge in [-0.3, -0.25) is 9.59 Å². The summed E-state index contributed by atoms with van der Waals surface area (Å²) in [7, 11) is 0. The fraction of sp³-hybridized carbons (Fsp3) is 0.364. The van der Waals surface area contributed by atoms with Crippen LogP contribution < -0.4 is 15.0 Å². The minimum Gasteiger partial charge on any atom is -0.434 e. The molecule has 2 aromatic rings. The Bertz CT molecular complexity index is 907. The monoisotopic (exact) mass is 402 g/mol. The molecular weight excluding hydrogens is 378 g/mol. The van der Waals surface area contributed by atoms with Crippen LogP contribution in [0.2, 0.25) is 0 Å². The molecule has 0 spiro atoms. The molecule has 1 atom stereocenters. The Kier molecular flexibility index (Phi) is 6.15. The molecule has 1 fully saturated rings. The van der Waals surface area contributed by atoms with Crippen molar-refractivity contribution in [2.75, 3.05) is 11.4 Å². The highest BCUT2D eigenvalue weighted by molar-refractivity contribution is 5.96. The second-order valence-corrected chi connectivity index (χ2v) is 7.26. The second-order valence-electron chi connectivity index (χ2n) is 7.26. The number of nitrogens with zero attached hydrogens (tertiary/aromatic N) is 1. The van der Waals surface area contributed by atoms with Crippen molar-refractivity contribution in [1.29, 1.82) is 0 Å². The molecule has 1 saturated heterocycles. The summed E-state index contributed by atoms with van der Waals surface area (Å²) in [4.78, 5) is 26.4. The van der Waals surface area contributed by atoms with Crippen LogP contribution in [0, 0.1) is 13.8 Å². The molecule has 0 bridgehead atoms. The Labute approximate surface area is 168 Å². The third kappa shape index (κ3) is 4.72. The Morgan fingerprint density at radius 1 is 1.17 bits per heavy atom. The molecular formula is C22H24F2N2O3. The summed E-state index contributed by atoms with van der Waals surface area (Å²) < 4.78 is 29.6. The maximum atomic E-state index is 12.7. The maximum absolute atomic E-state index is 12.7. The van der Waals surface area contributed by atoms with Crippen molar-refractivity contribution in [3.05, 3.63) is 58.7 Å². The van der Waals surface area contributed by atoms with Gasteiger partial charge >= 0.3 is 6.61 Å². The number of alkyl halides is 2. The minimum absolute atomic E-state index is 0.0904. The average Bonchev–Trinajstić information content (AvgIpc) is 3.10. The number of benzene rings is 2. The van der Waals surface area contributed by atoms with Crippen LogP contribution in [0.1, 0.15) is 52.9 Å². The maximum Gasteiger partial charge on any atom is 0.387 e. The summed E-state index contributed by atoms with van der Waals surface area (Å²) in [6, 6.07) is 10.3. The van der Waals surface area contributed by atoms with Crippen molar-refractivity contribution in [2.24, 2.45) is 0 Å². The molecule has 5 nitrogen and oxygen atoms in total. The Balaban J connectivity index is 1.75. The number of rotatable bonds is 6. The average molecular weight is 402 g/mol. The topological polar surface area (TPSA) is 58.6 Å². The quantitative estimate of drug-likeness (QED) is 0.773. The lowest BCUT2D eigenvalue weighted by Crippen LogP contribution is -2.27. The van der Waals surface area contributed by atoms with E-state index in [1.54, 1.807) is 18.7 Å². The van der Waals surface area contributed by atoms with E-state index in [9.17, 15) is 18.4 Å². The van der Waals surface area contributed by atoms with Crippen molar-refractivity contribution in [2.45, 2.75) is 46.3 Å². The van der Waals surface area contributed by atoms with Gasteiger partial charge in [0.05, 0.1) is 6.04 Å². The molecule has 0 aromatic heterocycles. The summed E-state index contributed by atoms with van der Waals surface area (Å²) in [6.07, 6.45) is 1.40. The highest BCUT2D eigenvalue weighted by atomic mass is 19.3. The zero-order valence-corrected chi connectivity index (χ0v) is 16.7. The van der Waals surface area contributed by atoms with Gasteiger partial charge in [0, 0.05) is 24.2 Å². The minimum atomic E-state index is -2.91. The van der Waals surface area contributed by atoms with E-state index in [1.807, 2.05) is 31.2 Å². The van der Waals surface area contributed by atoms with Crippen LogP contribution in [-0.2, 0) is 4.79 Å². The number of hydrogen-bond acceptors (Lipinski definition) is 3. The van der Waals surface area contributed by atoms with Crippen LogP contribution >= 0.6 is 0 Å². The summed E-state index contributed by atoms with van der Waals surface area (Å²) in [6.45, 7) is 2.90. The first-order valence-corrected chi connectivity index (χ1v) is 9.53. The third-order valence-electron chi connectivity index (χ3n) is 5.03. The van der Waals surface area contributed by atoms with Crippen molar-refractivity contribution in [3.63, 3.8) is 0 Å². The van der Waals surface area contributed by atoms with Crippen LogP contribution in [0.5, 0.6) is 5.75 Å². The Morgan fingerprint density at radius 3 is 2.45 bits per heavy atom. The Morgan fingerprint density at radius 2 is 1.86 bits per heavy atom. The van der Waals surface area contributed by atoms with Crippen molar-refractivity contribution < 1.29 is 23.1 Å². The molecule has 29 heavy (non-hydrogen) atoms. The van der Waals surface area contributed by atoms with Gasteiger partial charge in [0.15, 0.2) is 0 Å². The van der Waals surface area contributed by atoms with Crippen molar-refractivity contribution in [1.82, 2.24) is 5.32 Å². The fourth-order valence-corrected chi connectivity index (χ4v) is 3.60. The van der Waals surface area contributed by atoms with Gasteiger partial charge in [-0.2, -0.15) is 8.78 Å². The van der Waals surface area contributed by atoms with E-state index in [4.69, 9.17) is 0 Å². The van der Waals surface area contributed by atoms with E-state index in [0.717, 1.165) is 17.7 Å². The van der Waals surface area contributed by atoms with Gasteiger partial charge < -0.3 is 15.0 Å². The van der Waals surface area contributed by atoms with Crippen LogP contribution in [0.4, 0.5) is 14.5 Å². The number of carbonyl (C=O) groups excluding carboxylic acids is 2. The summed E-state index contributed by atoms with van der Waals surface area (Å²) >= 11 is 0. The first-order chi connectivity index (χ1) is 13.8. The molecule has 1 heterocycles. The summed E-state index contributed by atoms with van der Waals surface area (Å²) in [5.41, 5.74) is 3.02. The summed E-state index contributed by atoms with van der Waals surface area (Å²) in [5, 5.41) is 2.92. The molecule has 154 valence electrons. The number of carbonyl (C=O) groups is 2. The summed E-state index contributed by atoms with van der Waals surface area (Å²) in [5.74, 6) is -0.113. The van der Waals surface area contributed by atoms with E-state index in [-0.39, 0.29) is 23.6 Å². The predicted molar refractivity (Wildman–Crippen MR) is 106 cm³/mol. The van der Waals surface area contributed by atoms with Crippen molar-refractivity contribution in [3.8, 4) is 5.75 Å². The van der Waals surface area contributed by atoms with Crippen LogP contribution in [0.25, 0.3) is 0 Å². The fourth-order valence-electron chi connectivity index (χ4n) is 3.60. The standard InChI is InChI=1S/C22H24F2N2O3/c1-13-10-17(11-14(2)20(13)29-22(23)24)21(28)25-15(3)16-6-4-7-18(12-16)26-9-5-8-19(26)27/h4,6-7,10-12,15,22H,5,8-9H2,1-3H3,(H,25,28). The van der Waals surface area contributed by atoms with Crippen LogP contribution in [0.3, 0.4) is 0 Å². The smallest absolute Gasteiger partial charge is 0.387 e. The van der Waals surface area contributed by atoms with Gasteiger partial charge in [-0.05, 0) is 68.1 Å². The molecule has 7 heteroatoms. The van der Waals surface area contributed by atoms with Gasteiger partial charge in [-0.15, -0.1) is 0 Å². The third-order valence-corrected chi connectivity index (χ3v) is 5.03. The molecule has 2 aromatic carbocycles. The molecule has 1 aliphatic heterocycles. The van der Waals surface area contributed by atoms with E-state index in [2.05, 4.69) is 10.1 Å². The molecule has 0 saturated carbocycles. The normalized spacial score (nSPS) is 15.0. The molecule has 3 rings (SSSR count). The number of ether oxygens (including phenoxy) is 1. The van der Waals surface area contributed by atoms with Gasteiger partial charge in [0.25, 0.3) is 5.91 Å². The van der Waals surface area contributed by atoms with Gasteiger partial charge in [0.2, 0.25) is 5.91 Å². The van der Waals surface area contributed by atoms with Gasteiger partial charge in [0.1, 0.15) is 5.75 Å². The van der Waals surface area contributed by atoms with E-state index in [0.29, 0.717) is 29.7 Å². The molecule has 1 N–H and O–H groups in total. The molecule has 2 amide bonds. The molecule has 1 aliphatic rings. The lowest BCUT2D eigenvalue weighted by Gasteiger charge is -2.20. The zero-order chi connectivity index (χ0) is 21.1. The molecule has 1 unspecified atom stereocenters. The number of amides is 2. The lowest BCUT2D eigenvalue weighted by atomic mass is 10.0. The van der Waals surface area contributed by atoms with E-state index >= 15 is 0 Å². The van der Waals surface area contributed by atoms with Crippen LogP contribution in [0.15, 0.2) is 36.4 Å². The van der Waals surface area contributed by atoms with E-state index < -0.39 is 6.61 Å². The van der Waals surface area contributed by atoms with Gasteiger partial charge in [-0.25, -0.2) is 0 Å². The lowest BCUT2D eigenvalue weighted by molar-refractivity contribution is -0.117. The Hall–Kier alpha value is -2.96. The number of halogens is 2. The number of aryl methyl sites for hydroxylation is 2. The highest BCUT2D eigenvalue weighted by Crippen LogP contribution is 2.28. The number of nitrogens with one attached hydrogen (secondary N) is 1. The molecule has 0 radical (unpaired) electrons. The predicted octanol–water partition coefficient (Wildman–Crippen LogP) is 4.52. The molecule has 0 aliphatic carbocycles. The van der Waals surface area contributed by atoms with Gasteiger partial charge in [-0.1, -0.05) is 12.1 Å². The first kappa shape index (κ1) is 20.8. The van der Waals surface area contributed by atoms with Crippen molar-refractivity contribution >= 4 is 17.5 Å². The number of hydrogen-bond donors (Lipinski definition) is 1. The zero-order valence-electron chi connectivity index (χ0n) is 16.7. The highest BCUT2D eigenvalue weighted by Gasteiger charge is 2.22. The first-order valence-electron chi connectivity index (χ1n) is 9.53. The number of anilines is 1. The largest absolute Gasteiger partial charge is 0.434 e. The van der Waals surface area contributed by atoms with Crippen LogP contribution in [-0.4, -0.2) is 25.0 Å². The van der Waals surface area contributed by atoms with E-state index in [1.165, 1.54) is 12.1 Å².